The molecule has 1 N–H and O–H groups in total. The second kappa shape index (κ2) is 6.16. The summed E-state index contributed by atoms with van der Waals surface area (Å²) in [7, 11) is 0. The van der Waals surface area contributed by atoms with E-state index in [1.807, 2.05) is 30.5 Å². The monoisotopic (exact) mass is 316 g/mol. The number of aromatic nitrogens is 1. The van der Waals surface area contributed by atoms with Crippen molar-refractivity contribution in [3.63, 3.8) is 0 Å². The van der Waals surface area contributed by atoms with Gasteiger partial charge in [0.05, 0.1) is 12.2 Å². The lowest BCUT2D eigenvalue weighted by molar-refractivity contribution is 0.0707. The molecule has 3 rings (SSSR count). The minimum atomic E-state index is -0.303. The third kappa shape index (κ3) is 3.01. The van der Waals surface area contributed by atoms with Gasteiger partial charge in [0, 0.05) is 29.7 Å². The van der Waals surface area contributed by atoms with Gasteiger partial charge < -0.3 is 14.6 Å². The Kier molecular flexibility index (Phi) is 4.22. The first kappa shape index (κ1) is 15.7. The van der Waals surface area contributed by atoms with Crippen LogP contribution in [0.15, 0.2) is 30.3 Å². The molecular formula is C18H21FN2O2. The molecule has 1 aromatic heterocycles. The molecule has 0 radical (unpaired) electrons. The summed E-state index contributed by atoms with van der Waals surface area (Å²) < 4.78 is 15.4. The lowest BCUT2D eigenvalue weighted by Gasteiger charge is -2.21. The van der Waals surface area contributed by atoms with Crippen molar-refractivity contribution in [1.29, 1.82) is 0 Å². The van der Waals surface area contributed by atoms with Gasteiger partial charge in [0.15, 0.2) is 0 Å². The first-order valence-electron chi connectivity index (χ1n) is 7.89. The predicted molar refractivity (Wildman–Crippen MR) is 86.3 cm³/mol. The molecule has 0 atom stereocenters. The maximum absolute atomic E-state index is 13.5. The quantitative estimate of drug-likeness (QED) is 0.922. The number of carbonyl (C=O) groups is 1. The number of halogens is 1. The molecule has 0 bridgehead atoms. The van der Waals surface area contributed by atoms with Crippen LogP contribution in [-0.4, -0.2) is 39.7 Å². The molecule has 5 heteroatoms. The largest absolute Gasteiger partial charge is 0.395 e. The van der Waals surface area contributed by atoms with Crippen LogP contribution in [0.25, 0.3) is 5.69 Å². The minimum Gasteiger partial charge on any atom is -0.395 e. The van der Waals surface area contributed by atoms with E-state index in [9.17, 15) is 14.3 Å². The highest BCUT2D eigenvalue weighted by Crippen LogP contribution is 2.30. The first-order chi connectivity index (χ1) is 11.0. The molecule has 1 aliphatic carbocycles. The van der Waals surface area contributed by atoms with Gasteiger partial charge >= 0.3 is 0 Å². The van der Waals surface area contributed by atoms with E-state index >= 15 is 0 Å². The third-order valence-electron chi connectivity index (χ3n) is 4.32. The van der Waals surface area contributed by atoms with Crippen LogP contribution in [0.5, 0.6) is 0 Å². The highest BCUT2D eigenvalue weighted by molar-refractivity contribution is 5.96. The number of rotatable bonds is 5. The van der Waals surface area contributed by atoms with Gasteiger partial charge in [-0.05, 0) is 51.0 Å². The molecule has 0 spiro atoms. The van der Waals surface area contributed by atoms with Gasteiger partial charge in [-0.3, -0.25) is 4.79 Å². The topological polar surface area (TPSA) is 45.5 Å². The summed E-state index contributed by atoms with van der Waals surface area (Å²) in [6.07, 6.45) is 1.99. The molecule has 0 aliphatic heterocycles. The van der Waals surface area contributed by atoms with Crippen LogP contribution in [0.3, 0.4) is 0 Å². The zero-order valence-electron chi connectivity index (χ0n) is 13.4. The fraction of sp³-hybridized carbons (Fsp3) is 0.389. The summed E-state index contributed by atoms with van der Waals surface area (Å²) in [5, 5.41) is 9.21. The number of benzene rings is 1. The van der Waals surface area contributed by atoms with Crippen molar-refractivity contribution >= 4 is 5.91 Å². The van der Waals surface area contributed by atoms with Crippen LogP contribution in [0.2, 0.25) is 0 Å². The van der Waals surface area contributed by atoms with Crippen molar-refractivity contribution in [3.8, 4) is 5.69 Å². The summed E-state index contributed by atoms with van der Waals surface area (Å²) in [5.74, 6) is -0.361. The number of carbonyl (C=O) groups excluding carboxylic acids is 1. The Labute approximate surface area is 135 Å². The maximum Gasteiger partial charge on any atom is 0.256 e. The lowest BCUT2D eigenvalue weighted by atomic mass is 10.2. The zero-order valence-corrected chi connectivity index (χ0v) is 13.4. The molecule has 1 saturated carbocycles. The van der Waals surface area contributed by atoms with E-state index in [-0.39, 0.29) is 24.4 Å². The number of amides is 1. The normalized spacial score (nSPS) is 14.1. The number of aliphatic hydroxyl groups is 1. The highest BCUT2D eigenvalue weighted by Gasteiger charge is 2.34. The number of hydrogen-bond donors (Lipinski definition) is 1. The summed E-state index contributed by atoms with van der Waals surface area (Å²) in [4.78, 5) is 14.6. The standard InChI is InChI=1S/C18H21FN2O2/c1-12-10-17(18(23)20(8-9-22)15-6-7-15)13(2)21(12)16-5-3-4-14(19)11-16/h3-5,10-11,15,22H,6-9H2,1-2H3. The van der Waals surface area contributed by atoms with E-state index in [4.69, 9.17) is 0 Å². The summed E-state index contributed by atoms with van der Waals surface area (Å²) >= 11 is 0. The van der Waals surface area contributed by atoms with E-state index < -0.39 is 0 Å². The van der Waals surface area contributed by atoms with Gasteiger partial charge in [-0.25, -0.2) is 4.39 Å². The van der Waals surface area contributed by atoms with E-state index in [1.54, 1.807) is 11.0 Å². The van der Waals surface area contributed by atoms with E-state index in [0.717, 1.165) is 24.2 Å². The molecular weight excluding hydrogens is 295 g/mol. The van der Waals surface area contributed by atoms with Crippen LogP contribution < -0.4 is 0 Å². The van der Waals surface area contributed by atoms with Crippen LogP contribution in [0.1, 0.15) is 34.6 Å². The average molecular weight is 316 g/mol. The smallest absolute Gasteiger partial charge is 0.256 e. The Balaban J connectivity index is 1.98. The zero-order chi connectivity index (χ0) is 16.6. The van der Waals surface area contributed by atoms with E-state index in [1.165, 1.54) is 12.1 Å². The molecule has 122 valence electrons. The fourth-order valence-corrected chi connectivity index (χ4v) is 3.09. The molecule has 4 nitrogen and oxygen atoms in total. The van der Waals surface area contributed by atoms with Gasteiger partial charge in [-0.2, -0.15) is 0 Å². The third-order valence-corrected chi connectivity index (χ3v) is 4.32. The van der Waals surface area contributed by atoms with Gasteiger partial charge in [-0.15, -0.1) is 0 Å². The fourth-order valence-electron chi connectivity index (χ4n) is 3.09. The van der Waals surface area contributed by atoms with Crippen molar-refractivity contribution in [3.05, 3.63) is 53.1 Å². The first-order valence-corrected chi connectivity index (χ1v) is 7.89. The lowest BCUT2D eigenvalue weighted by Crippen LogP contribution is -2.35. The second-order valence-electron chi connectivity index (χ2n) is 6.05. The summed E-state index contributed by atoms with van der Waals surface area (Å²) in [5.41, 5.74) is 3.00. The van der Waals surface area contributed by atoms with Crippen LogP contribution in [-0.2, 0) is 0 Å². The Hall–Kier alpha value is -2.14. The number of aliphatic hydroxyl groups excluding tert-OH is 1. The minimum absolute atomic E-state index is 0.0368. The van der Waals surface area contributed by atoms with Crippen molar-refractivity contribution < 1.29 is 14.3 Å². The molecule has 0 saturated heterocycles. The number of hydrogen-bond acceptors (Lipinski definition) is 2. The van der Waals surface area contributed by atoms with Gasteiger partial charge in [0.1, 0.15) is 5.82 Å². The molecule has 1 aromatic carbocycles. The molecule has 2 aromatic rings. The Morgan fingerprint density at radius 3 is 2.70 bits per heavy atom. The van der Waals surface area contributed by atoms with Crippen molar-refractivity contribution in [2.75, 3.05) is 13.2 Å². The van der Waals surface area contributed by atoms with Gasteiger partial charge in [0.2, 0.25) is 0 Å². The van der Waals surface area contributed by atoms with Crippen LogP contribution in [0, 0.1) is 19.7 Å². The molecule has 23 heavy (non-hydrogen) atoms. The SMILES string of the molecule is Cc1cc(C(=O)N(CCO)C2CC2)c(C)n1-c1cccc(F)c1. The Bertz CT molecular complexity index is 735. The predicted octanol–water partition coefficient (Wildman–Crippen LogP) is 2.83. The maximum atomic E-state index is 13.5. The Morgan fingerprint density at radius 1 is 1.35 bits per heavy atom. The summed E-state index contributed by atoms with van der Waals surface area (Å²) in [6.45, 7) is 4.09. The molecule has 1 fully saturated rings. The van der Waals surface area contributed by atoms with Crippen molar-refractivity contribution in [2.24, 2.45) is 0 Å². The molecule has 1 heterocycles. The highest BCUT2D eigenvalue weighted by atomic mass is 19.1. The molecule has 1 aliphatic rings. The van der Waals surface area contributed by atoms with E-state index in [2.05, 4.69) is 0 Å². The average Bonchev–Trinajstić information content (AvgIpc) is 3.30. The van der Waals surface area contributed by atoms with Gasteiger partial charge in [-0.1, -0.05) is 6.07 Å². The number of aryl methyl sites for hydroxylation is 1. The van der Waals surface area contributed by atoms with Crippen LogP contribution in [0.4, 0.5) is 4.39 Å². The van der Waals surface area contributed by atoms with Crippen LogP contribution >= 0.6 is 0 Å². The number of nitrogens with zero attached hydrogens (tertiary/aromatic N) is 2. The van der Waals surface area contributed by atoms with Crippen molar-refractivity contribution in [1.82, 2.24) is 9.47 Å². The second-order valence-corrected chi connectivity index (χ2v) is 6.05. The van der Waals surface area contributed by atoms with Gasteiger partial charge in [0.25, 0.3) is 5.91 Å². The summed E-state index contributed by atoms with van der Waals surface area (Å²) in [6, 6.07) is 8.43. The Morgan fingerprint density at radius 2 is 2.09 bits per heavy atom. The van der Waals surface area contributed by atoms with Crippen molar-refractivity contribution in [2.45, 2.75) is 32.7 Å². The molecule has 1 amide bonds. The molecule has 0 unspecified atom stereocenters. The van der Waals surface area contributed by atoms with E-state index in [0.29, 0.717) is 17.8 Å².